The maximum absolute atomic E-state index is 12.4. The first-order valence-corrected chi connectivity index (χ1v) is 9.13. The lowest BCUT2D eigenvalue weighted by atomic mass is 10.1. The van der Waals surface area contributed by atoms with E-state index in [1.165, 1.54) is 18.4 Å². The number of carbonyl (C=O) groups is 1. The minimum Gasteiger partial charge on any atom is -0.463 e. The molecule has 28 heavy (non-hydrogen) atoms. The molecule has 1 aromatic heterocycles. The normalized spacial score (nSPS) is 14.5. The first kappa shape index (κ1) is 18.0. The zero-order valence-electron chi connectivity index (χ0n) is 15.3. The van der Waals surface area contributed by atoms with Gasteiger partial charge >= 0.3 is 0 Å². The first-order chi connectivity index (χ1) is 13.7. The molecule has 0 aliphatic carbocycles. The number of nitrogens with one attached hydrogen (secondary N) is 1. The van der Waals surface area contributed by atoms with Crippen molar-refractivity contribution in [1.29, 1.82) is 0 Å². The number of carbonyl (C=O) groups excluding carboxylic acids is 1. The number of nitrogens with zero attached hydrogens (tertiary/aromatic N) is 1. The molecule has 1 amide bonds. The number of benzene rings is 2. The van der Waals surface area contributed by atoms with Gasteiger partial charge < -0.3 is 19.4 Å². The highest BCUT2D eigenvalue weighted by Crippen LogP contribution is 2.19. The quantitative estimate of drug-likeness (QED) is 0.708. The second kappa shape index (κ2) is 8.10. The number of morpholine rings is 1. The summed E-state index contributed by atoms with van der Waals surface area (Å²) >= 11 is 0. The smallest absolute Gasteiger partial charge is 0.248 e. The van der Waals surface area contributed by atoms with Crippen molar-refractivity contribution in [3.8, 4) is 0 Å². The van der Waals surface area contributed by atoms with E-state index in [0.29, 0.717) is 22.2 Å². The Labute approximate surface area is 162 Å². The SMILES string of the molecule is O=C(/C=C/c1coc2ccccc2c1=O)Nc1ccc(N2CCOCC2)cc1. The summed E-state index contributed by atoms with van der Waals surface area (Å²) in [5.41, 5.74) is 2.48. The second-order valence-electron chi connectivity index (χ2n) is 6.49. The Morgan fingerprint density at radius 1 is 1.04 bits per heavy atom. The van der Waals surface area contributed by atoms with E-state index in [0.717, 1.165) is 32.0 Å². The molecule has 0 saturated carbocycles. The Morgan fingerprint density at radius 2 is 1.79 bits per heavy atom. The minimum absolute atomic E-state index is 0.166. The van der Waals surface area contributed by atoms with Crippen molar-refractivity contribution in [3.63, 3.8) is 0 Å². The van der Waals surface area contributed by atoms with Crippen LogP contribution in [0, 0.1) is 0 Å². The summed E-state index contributed by atoms with van der Waals surface area (Å²) in [6, 6.07) is 14.7. The lowest BCUT2D eigenvalue weighted by Gasteiger charge is -2.28. The summed E-state index contributed by atoms with van der Waals surface area (Å²) in [5.74, 6) is -0.313. The van der Waals surface area contributed by atoms with Gasteiger partial charge in [0.15, 0.2) is 5.43 Å². The molecule has 0 spiro atoms. The van der Waals surface area contributed by atoms with E-state index >= 15 is 0 Å². The van der Waals surface area contributed by atoms with Crippen molar-refractivity contribution in [3.05, 3.63) is 76.7 Å². The van der Waals surface area contributed by atoms with Crippen molar-refractivity contribution in [2.75, 3.05) is 36.5 Å². The number of rotatable bonds is 4. The van der Waals surface area contributed by atoms with E-state index in [1.54, 1.807) is 24.3 Å². The van der Waals surface area contributed by atoms with Gasteiger partial charge in [0.05, 0.1) is 24.2 Å². The van der Waals surface area contributed by atoms with E-state index in [4.69, 9.17) is 9.15 Å². The van der Waals surface area contributed by atoms with Crippen molar-refractivity contribution >= 4 is 34.3 Å². The van der Waals surface area contributed by atoms with Crippen LogP contribution in [0.5, 0.6) is 0 Å². The average molecular weight is 376 g/mol. The molecule has 1 saturated heterocycles. The molecule has 4 rings (SSSR count). The fourth-order valence-corrected chi connectivity index (χ4v) is 3.13. The van der Waals surface area contributed by atoms with Crippen LogP contribution in [-0.2, 0) is 9.53 Å². The summed E-state index contributed by atoms with van der Waals surface area (Å²) in [4.78, 5) is 26.9. The average Bonchev–Trinajstić information content (AvgIpc) is 2.75. The van der Waals surface area contributed by atoms with Crippen molar-refractivity contribution in [2.24, 2.45) is 0 Å². The molecule has 3 aromatic rings. The second-order valence-corrected chi connectivity index (χ2v) is 6.49. The molecule has 2 aromatic carbocycles. The maximum atomic E-state index is 12.4. The van der Waals surface area contributed by atoms with E-state index in [9.17, 15) is 9.59 Å². The van der Waals surface area contributed by atoms with Gasteiger partial charge in [-0.25, -0.2) is 0 Å². The van der Waals surface area contributed by atoms with E-state index in [1.807, 2.05) is 24.3 Å². The van der Waals surface area contributed by atoms with Gasteiger partial charge in [-0.1, -0.05) is 12.1 Å². The Balaban J connectivity index is 1.43. The van der Waals surface area contributed by atoms with Gasteiger partial charge in [0.25, 0.3) is 0 Å². The minimum atomic E-state index is -0.313. The van der Waals surface area contributed by atoms with Crippen molar-refractivity contribution in [1.82, 2.24) is 0 Å². The van der Waals surface area contributed by atoms with E-state index in [2.05, 4.69) is 10.2 Å². The Bertz CT molecular complexity index is 1060. The fraction of sp³-hybridized carbons (Fsp3) is 0.182. The molecule has 142 valence electrons. The summed E-state index contributed by atoms with van der Waals surface area (Å²) in [6.45, 7) is 3.18. The molecular weight excluding hydrogens is 356 g/mol. The third-order valence-electron chi connectivity index (χ3n) is 4.63. The highest BCUT2D eigenvalue weighted by molar-refractivity contribution is 6.02. The zero-order valence-corrected chi connectivity index (χ0v) is 15.3. The summed E-state index contributed by atoms with van der Waals surface area (Å²) in [7, 11) is 0. The van der Waals surface area contributed by atoms with E-state index < -0.39 is 0 Å². The van der Waals surface area contributed by atoms with Crippen LogP contribution in [0.3, 0.4) is 0 Å². The predicted octanol–water partition coefficient (Wildman–Crippen LogP) is 3.28. The van der Waals surface area contributed by atoms with Gasteiger partial charge in [0.2, 0.25) is 5.91 Å². The lowest BCUT2D eigenvalue weighted by Crippen LogP contribution is -2.36. The van der Waals surface area contributed by atoms with Crippen molar-refractivity contribution < 1.29 is 13.9 Å². The van der Waals surface area contributed by atoms with Crippen LogP contribution >= 0.6 is 0 Å². The van der Waals surface area contributed by atoms with Gasteiger partial charge in [-0.2, -0.15) is 0 Å². The summed E-state index contributed by atoms with van der Waals surface area (Å²) in [5, 5.41) is 3.29. The highest BCUT2D eigenvalue weighted by Gasteiger charge is 2.11. The number of hydrogen-bond donors (Lipinski definition) is 1. The Kier molecular flexibility index (Phi) is 5.21. The largest absolute Gasteiger partial charge is 0.463 e. The van der Waals surface area contributed by atoms with Gasteiger partial charge in [0, 0.05) is 30.5 Å². The molecule has 2 heterocycles. The Hall–Kier alpha value is -3.38. The molecule has 0 bridgehead atoms. The molecule has 1 N–H and O–H groups in total. The van der Waals surface area contributed by atoms with Crippen LogP contribution in [0.25, 0.3) is 17.0 Å². The van der Waals surface area contributed by atoms with Crippen LogP contribution in [0.1, 0.15) is 5.56 Å². The number of fused-ring (bicyclic) bond motifs is 1. The molecule has 6 heteroatoms. The highest BCUT2D eigenvalue weighted by atomic mass is 16.5. The molecule has 1 fully saturated rings. The Morgan fingerprint density at radius 3 is 2.57 bits per heavy atom. The zero-order chi connectivity index (χ0) is 19.3. The first-order valence-electron chi connectivity index (χ1n) is 9.13. The fourth-order valence-electron chi connectivity index (χ4n) is 3.13. The molecule has 6 nitrogen and oxygen atoms in total. The number of para-hydroxylation sites is 1. The number of anilines is 2. The van der Waals surface area contributed by atoms with Gasteiger partial charge in [-0.05, 0) is 42.5 Å². The van der Waals surface area contributed by atoms with Gasteiger partial charge in [-0.15, -0.1) is 0 Å². The maximum Gasteiger partial charge on any atom is 0.248 e. The molecule has 1 aliphatic rings. The van der Waals surface area contributed by atoms with Gasteiger partial charge in [0.1, 0.15) is 11.8 Å². The monoisotopic (exact) mass is 376 g/mol. The molecule has 0 unspecified atom stereocenters. The van der Waals surface area contributed by atoms with Crippen molar-refractivity contribution in [2.45, 2.75) is 0 Å². The van der Waals surface area contributed by atoms with E-state index in [-0.39, 0.29) is 11.3 Å². The topological polar surface area (TPSA) is 71.8 Å². The lowest BCUT2D eigenvalue weighted by molar-refractivity contribution is -0.111. The number of hydrogen-bond acceptors (Lipinski definition) is 5. The predicted molar refractivity (Wildman–Crippen MR) is 110 cm³/mol. The standard InChI is InChI=1S/C22H20N2O4/c25-21(10-5-16-15-28-20-4-2-1-3-19(20)22(16)26)23-17-6-8-18(9-7-17)24-11-13-27-14-12-24/h1-10,15H,11-14H2,(H,23,25)/b10-5+. The third-order valence-corrected chi connectivity index (χ3v) is 4.63. The van der Waals surface area contributed by atoms with Crippen LogP contribution in [0.15, 0.2) is 70.1 Å². The number of ether oxygens (including phenoxy) is 1. The van der Waals surface area contributed by atoms with Crippen LogP contribution in [0.2, 0.25) is 0 Å². The summed E-state index contributed by atoms with van der Waals surface area (Å²) < 4.78 is 10.8. The third kappa shape index (κ3) is 3.97. The van der Waals surface area contributed by atoms with Crippen LogP contribution in [0.4, 0.5) is 11.4 Å². The van der Waals surface area contributed by atoms with Crippen LogP contribution in [-0.4, -0.2) is 32.2 Å². The molecule has 0 radical (unpaired) electrons. The molecular formula is C22H20N2O4. The van der Waals surface area contributed by atoms with Crippen LogP contribution < -0.4 is 15.6 Å². The molecule has 0 atom stereocenters. The van der Waals surface area contributed by atoms with Gasteiger partial charge in [-0.3, -0.25) is 9.59 Å². The molecule has 1 aliphatic heterocycles. The summed E-state index contributed by atoms with van der Waals surface area (Å²) in [6.07, 6.45) is 4.16. The number of amides is 1.